The summed E-state index contributed by atoms with van der Waals surface area (Å²) in [6.07, 6.45) is 5.98. The number of pyridine rings is 1. The third-order valence-electron chi connectivity index (χ3n) is 5.24. The fourth-order valence-electron chi connectivity index (χ4n) is 3.74. The van der Waals surface area contributed by atoms with Crippen molar-refractivity contribution in [1.29, 1.82) is 0 Å². The van der Waals surface area contributed by atoms with Crippen LogP contribution in [-0.2, 0) is 4.79 Å². The van der Waals surface area contributed by atoms with E-state index in [1.165, 1.54) is 0 Å². The van der Waals surface area contributed by atoms with Gasteiger partial charge in [0, 0.05) is 30.3 Å². The highest BCUT2D eigenvalue weighted by atomic mass is 32.1. The molecule has 0 unspecified atom stereocenters. The summed E-state index contributed by atoms with van der Waals surface area (Å²) in [5, 5.41) is 6.88. The molecule has 4 rings (SSSR count). The predicted molar refractivity (Wildman–Crippen MR) is 122 cm³/mol. The van der Waals surface area contributed by atoms with Gasteiger partial charge in [-0.05, 0) is 62.0 Å². The molecule has 30 heavy (non-hydrogen) atoms. The highest BCUT2D eigenvalue weighted by Crippen LogP contribution is 2.38. The molecule has 0 bridgehead atoms. The van der Waals surface area contributed by atoms with E-state index < -0.39 is 0 Å². The molecule has 2 atom stereocenters. The van der Waals surface area contributed by atoms with E-state index >= 15 is 0 Å². The molecule has 3 heterocycles. The van der Waals surface area contributed by atoms with Gasteiger partial charge in [-0.15, -0.1) is 0 Å². The predicted octanol–water partition coefficient (Wildman–Crippen LogP) is 4.08. The number of benzene rings is 1. The highest BCUT2D eigenvalue weighted by Gasteiger charge is 2.41. The maximum atomic E-state index is 12.8. The molecule has 1 amide bonds. The van der Waals surface area contributed by atoms with E-state index in [0.29, 0.717) is 11.2 Å². The molecule has 6 nitrogen and oxygen atoms in total. The summed E-state index contributed by atoms with van der Waals surface area (Å²) >= 11 is 5.64. The summed E-state index contributed by atoms with van der Waals surface area (Å²) in [4.78, 5) is 19.3. The van der Waals surface area contributed by atoms with Crippen molar-refractivity contribution in [3.05, 3.63) is 84.4 Å². The van der Waals surface area contributed by atoms with Crippen LogP contribution in [0.15, 0.2) is 73.2 Å². The van der Waals surface area contributed by atoms with Crippen LogP contribution in [0.2, 0.25) is 0 Å². The molecule has 1 aromatic carbocycles. The third-order valence-corrected chi connectivity index (χ3v) is 5.60. The van der Waals surface area contributed by atoms with Crippen molar-refractivity contribution < 1.29 is 4.79 Å². The van der Waals surface area contributed by atoms with Crippen molar-refractivity contribution in [2.45, 2.75) is 32.0 Å². The molecule has 2 N–H and O–H groups in total. The number of para-hydroxylation sites is 1. The lowest BCUT2D eigenvalue weighted by atomic mass is 9.99. The Morgan fingerprint density at radius 3 is 2.60 bits per heavy atom. The number of carbonyl (C=O) groups is 1. The van der Waals surface area contributed by atoms with Gasteiger partial charge in [0.1, 0.15) is 6.54 Å². The summed E-state index contributed by atoms with van der Waals surface area (Å²) in [5.41, 5.74) is 2.76. The minimum Gasteiger partial charge on any atom is -0.352 e. The lowest BCUT2D eigenvalue weighted by Gasteiger charge is -2.26. The maximum Gasteiger partial charge on any atom is 0.244 e. The molecule has 7 heteroatoms. The summed E-state index contributed by atoms with van der Waals surface area (Å²) in [6, 6.07) is 17.5. The summed E-state index contributed by atoms with van der Waals surface area (Å²) in [6.45, 7) is 4.44. The Balaban J connectivity index is 1.62. The number of nitrogens with one attached hydrogen (secondary N) is 2. The average molecular weight is 420 g/mol. The quantitative estimate of drug-likeness (QED) is 0.590. The molecule has 1 fully saturated rings. The first-order valence-electron chi connectivity index (χ1n) is 10.0. The van der Waals surface area contributed by atoms with Gasteiger partial charge < -0.3 is 20.1 Å². The molecule has 3 aromatic rings. The first-order chi connectivity index (χ1) is 14.5. The SMILES string of the molecule is CC(C)n1ccc([C@@H]2[C@H](c3ccccn3)NC(=S)N2CC(=O)Nc2ccccc2)c1. The number of nitrogens with zero attached hydrogens (tertiary/aromatic N) is 3. The van der Waals surface area contributed by atoms with Crippen LogP contribution in [0.25, 0.3) is 0 Å². The normalized spacial score (nSPS) is 18.5. The number of anilines is 1. The Morgan fingerprint density at radius 1 is 1.17 bits per heavy atom. The van der Waals surface area contributed by atoms with Gasteiger partial charge in [-0.1, -0.05) is 24.3 Å². The highest BCUT2D eigenvalue weighted by molar-refractivity contribution is 7.80. The smallest absolute Gasteiger partial charge is 0.244 e. The number of hydrogen-bond donors (Lipinski definition) is 2. The van der Waals surface area contributed by atoms with Crippen molar-refractivity contribution in [3.8, 4) is 0 Å². The standard InChI is InChI=1S/C23H25N5OS/c1-16(2)27-13-11-17(14-27)22-21(19-10-6-7-12-24-19)26-23(30)28(22)15-20(29)25-18-8-4-3-5-9-18/h3-14,16,21-22H,15H2,1-2H3,(H,25,29)(H,26,30)/t21-,22+/m0/s1. The van der Waals surface area contributed by atoms with Crippen molar-refractivity contribution >= 4 is 28.9 Å². The van der Waals surface area contributed by atoms with E-state index in [2.05, 4.69) is 52.5 Å². The van der Waals surface area contributed by atoms with Gasteiger partial charge in [-0.25, -0.2) is 0 Å². The Labute approximate surface area is 181 Å². The first-order valence-corrected chi connectivity index (χ1v) is 10.4. The van der Waals surface area contributed by atoms with Gasteiger partial charge in [0.15, 0.2) is 5.11 Å². The monoisotopic (exact) mass is 419 g/mol. The third kappa shape index (κ3) is 4.21. The van der Waals surface area contributed by atoms with Crippen LogP contribution in [0.3, 0.4) is 0 Å². The molecule has 0 aliphatic carbocycles. The van der Waals surface area contributed by atoms with Crippen LogP contribution < -0.4 is 10.6 Å². The molecule has 0 radical (unpaired) electrons. The van der Waals surface area contributed by atoms with Gasteiger partial charge in [0.25, 0.3) is 0 Å². The zero-order valence-electron chi connectivity index (χ0n) is 17.0. The summed E-state index contributed by atoms with van der Waals surface area (Å²) < 4.78 is 2.16. The minimum absolute atomic E-state index is 0.111. The zero-order valence-corrected chi connectivity index (χ0v) is 17.8. The molecule has 154 valence electrons. The van der Waals surface area contributed by atoms with Crippen LogP contribution in [0.4, 0.5) is 5.69 Å². The lowest BCUT2D eigenvalue weighted by molar-refractivity contribution is -0.116. The Morgan fingerprint density at radius 2 is 1.93 bits per heavy atom. The first kappa shape index (κ1) is 20.1. The molecule has 1 aliphatic rings. The topological polar surface area (TPSA) is 62.2 Å². The van der Waals surface area contributed by atoms with Crippen molar-refractivity contribution in [2.75, 3.05) is 11.9 Å². The van der Waals surface area contributed by atoms with Gasteiger partial charge in [0.05, 0.1) is 17.8 Å². The van der Waals surface area contributed by atoms with E-state index in [1.54, 1.807) is 6.20 Å². The second-order valence-corrected chi connectivity index (χ2v) is 8.04. The Kier molecular flexibility index (Phi) is 5.81. The van der Waals surface area contributed by atoms with Crippen LogP contribution >= 0.6 is 12.2 Å². The average Bonchev–Trinajstić information content (AvgIpc) is 3.35. The van der Waals surface area contributed by atoms with Crippen LogP contribution in [0, 0.1) is 0 Å². The number of amides is 1. The Bertz CT molecular complexity index is 1020. The van der Waals surface area contributed by atoms with Gasteiger partial charge >= 0.3 is 0 Å². The molecule has 2 aromatic heterocycles. The lowest BCUT2D eigenvalue weighted by Crippen LogP contribution is -2.37. The Hall–Kier alpha value is -3.19. The van der Waals surface area contributed by atoms with Crippen molar-refractivity contribution in [2.24, 2.45) is 0 Å². The molecule has 0 spiro atoms. The molecular weight excluding hydrogens is 394 g/mol. The second-order valence-electron chi connectivity index (χ2n) is 7.65. The minimum atomic E-state index is -0.133. The van der Waals surface area contributed by atoms with Crippen LogP contribution in [-0.4, -0.2) is 32.0 Å². The van der Waals surface area contributed by atoms with E-state index in [0.717, 1.165) is 16.9 Å². The van der Waals surface area contributed by atoms with Crippen LogP contribution in [0.1, 0.15) is 43.2 Å². The molecule has 1 saturated heterocycles. The van der Waals surface area contributed by atoms with E-state index in [4.69, 9.17) is 12.2 Å². The molecular formula is C23H25N5OS. The van der Waals surface area contributed by atoms with E-state index in [1.807, 2.05) is 53.4 Å². The van der Waals surface area contributed by atoms with E-state index in [9.17, 15) is 4.79 Å². The number of hydrogen-bond acceptors (Lipinski definition) is 3. The fourth-order valence-corrected chi connectivity index (χ4v) is 4.05. The largest absolute Gasteiger partial charge is 0.352 e. The zero-order chi connectivity index (χ0) is 21.1. The van der Waals surface area contributed by atoms with Crippen LogP contribution in [0.5, 0.6) is 0 Å². The summed E-state index contributed by atoms with van der Waals surface area (Å²) in [5.74, 6) is -0.111. The summed E-state index contributed by atoms with van der Waals surface area (Å²) in [7, 11) is 0. The van der Waals surface area contributed by atoms with Crippen molar-refractivity contribution in [1.82, 2.24) is 19.8 Å². The van der Waals surface area contributed by atoms with Gasteiger partial charge in [-0.3, -0.25) is 9.78 Å². The number of rotatable bonds is 6. The van der Waals surface area contributed by atoms with Gasteiger partial charge in [-0.2, -0.15) is 0 Å². The second kappa shape index (κ2) is 8.67. The molecule has 1 aliphatic heterocycles. The number of carbonyl (C=O) groups excluding carboxylic acids is 1. The maximum absolute atomic E-state index is 12.8. The number of aromatic nitrogens is 2. The molecule has 0 saturated carbocycles. The fraction of sp³-hybridized carbons (Fsp3) is 0.261. The van der Waals surface area contributed by atoms with Gasteiger partial charge in [0.2, 0.25) is 5.91 Å². The van der Waals surface area contributed by atoms with E-state index in [-0.39, 0.29) is 24.5 Å². The number of thiocarbonyl (C=S) groups is 1. The van der Waals surface area contributed by atoms with Crippen molar-refractivity contribution in [3.63, 3.8) is 0 Å².